The number of rotatable bonds is 7. The van der Waals surface area contributed by atoms with Gasteiger partial charge in [-0.2, -0.15) is 0 Å². The van der Waals surface area contributed by atoms with Gasteiger partial charge in [-0.25, -0.2) is 4.39 Å². The van der Waals surface area contributed by atoms with E-state index in [0.717, 1.165) is 29.4 Å². The first-order valence-corrected chi connectivity index (χ1v) is 8.29. The lowest BCUT2D eigenvalue weighted by molar-refractivity contribution is -0.0110. The molecule has 0 aromatic heterocycles. The van der Waals surface area contributed by atoms with E-state index in [1.54, 1.807) is 7.11 Å². The number of halogens is 2. The molecule has 0 spiro atoms. The van der Waals surface area contributed by atoms with E-state index in [1.807, 2.05) is 6.07 Å². The van der Waals surface area contributed by atoms with Crippen molar-refractivity contribution in [3.05, 3.63) is 34.1 Å². The Morgan fingerprint density at radius 3 is 2.48 bits per heavy atom. The maximum Gasteiger partial charge on any atom is 0.124 e. The summed E-state index contributed by atoms with van der Waals surface area (Å²) in [5.41, 5.74) is 1.13. The Kier molecular flexibility index (Phi) is 7.31. The third kappa shape index (κ3) is 5.68. The van der Waals surface area contributed by atoms with Crippen molar-refractivity contribution in [2.45, 2.75) is 52.7 Å². The molecule has 0 fully saturated rings. The Hall–Kier alpha value is -0.450. The van der Waals surface area contributed by atoms with Crippen molar-refractivity contribution in [1.29, 1.82) is 0 Å². The molecule has 1 aromatic rings. The highest BCUT2D eigenvalue weighted by atomic mass is 79.9. The average Bonchev–Trinajstić information content (AvgIpc) is 2.37. The summed E-state index contributed by atoms with van der Waals surface area (Å²) >= 11 is 3.46. The highest BCUT2D eigenvalue weighted by Crippen LogP contribution is 2.28. The Morgan fingerprint density at radius 1 is 1.33 bits per heavy atom. The largest absolute Gasteiger partial charge is 0.379 e. The van der Waals surface area contributed by atoms with Crippen LogP contribution in [0.15, 0.2) is 22.7 Å². The summed E-state index contributed by atoms with van der Waals surface area (Å²) in [4.78, 5) is 0. The number of methoxy groups -OCH3 is 1. The van der Waals surface area contributed by atoms with E-state index < -0.39 is 0 Å². The van der Waals surface area contributed by atoms with E-state index in [-0.39, 0.29) is 23.4 Å². The lowest BCUT2D eigenvalue weighted by Gasteiger charge is -2.37. The predicted molar refractivity (Wildman–Crippen MR) is 90.1 cm³/mol. The van der Waals surface area contributed by atoms with Gasteiger partial charge in [0.1, 0.15) is 5.82 Å². The summed E-state index contributed by atoms with van der Waals surface area (Å²) in [6.45, 7) is 9.64. The van der Waals surface area contributed by atoms with Crippen LogP contribution >= 0.6 is 15.9 Å². The van der Waals surface area contributed by atoms with E-state index in [0.29, 0.717) is 0 Å². The van der Waals surface area contributed by atoms with Crippen LogP contribution in [0.3, 0.4) is 0 Å². The predicted octanol–water partition coefficient (Wildman–Crippen LogP) is 4.56. The Balaban J connectivity index is 2.96. The van der Waals surface area contributed by atoms with Gasteiger partial charge in [0, 0.05) is 17.6 Å². The minimum Gasteiger partial charge on any atom is -0.379 e. The molecule has 1 N–H and O–H groups in total. The van der Waals surface area contributed by atoms with Gasteiger partial charge in [-0.15, -0.1) is 0 Å². The number of nitrogens with one attached hydrogen (secondary N) is 1. The van der Waals surface area contributed by atoms with Crippen LogP contribution in [0.2, 0.25) is 0 Å². The van der Waals surface area contributed by atoms with Crippen LogP contribution in [-0.4, -0.2) is 25.8 Å². The molecule has 2 atom stereocenters. The van der Waals surface area contributed by atoms with Gasteiger partial charge in [0.15, 0.2) is 0 Å². The first-order chi connectivity index (χ1) is 9.79. The molecule has 2 nitrogen and oxygen atoms in total. The van der Waals surface area contributed by atoms with Crippen molar-refractivity contribution < 1.29 is 9.13 Å². The Morgan fingerprint density at radius 2 is 2.00 bits per heavy atom. The van der Waals surface area contributed by atoms with E-state index in [9.17, 15) is 4.39 Å². The van der Waals surface area contributed by atoms with Gasteiger partial charge < -0.3 is 10.1 Å². The number of ether oxygens (including phenoxy) is 1. The minimum absolute atomic E-state index is 0.0344. The smallest absolute Gasteiger partial charge is 0.124 e. The van der Waals surface area contributed by atoms with Crippen LogP contribution in [0.25, 0.3) is 0 Å². The maximum absolute atomic E-state index is 13.2. The van der Waals surface area contributed by atoms with Gasteiger partial charge in [-0.3, -0.25) is 0 Å². The molecular weight excluding hydrogens is 333 g/mol. The fourth-order valence-electron chi connectivity index (χ4n) is 2.66. The zero-order valence-corrected chi connectivity index (χ0v) is 15.3. The molecule has 0 aliphatic carbocycles. The van der Waals surface area contributed by atoms with Gasteiger partial charge >= 0.3 is 0 Å². The van der Waals surface area contributed by atoms with Gasteiger partial charge in [0.2, 0.25) is 0 Å². The van der Waals surface area contributed by atoms with Crippen LogP contribution in [0.5, 0.6) is 0 Å². The molecule has 0 aliphatic rings. The summed E-state index contributed by atoms with van der Waals surface area (Å²) < 4.78 is 19.8. The lowest BCUT2D eigenvalue weighted by Crippen LogP contribution is -2.49. The van der Waals surface area contributed by atoms with Crippen LogP contribution in [0, 0.1) is 11.2 Å². The Labute approximate surface area is 136 Å². The van der Waals surface area contributed by atoms with Crippen LogP contribution in [-0.2, 0) is 11.2 Å². The average molecular weight is 360 g/mol. The van der Waals surface area contributed by atoms with Crippen molar-refractivity contribution in [3.63, 3.8) is 0 Å². The summed E-state index contributed by atoms with van der Waals surface area (Å²) in [6.07, 6.45) is 1.96. The molecule has 1 rings (SSSR count). The fraction of sp³-hybridized carbons (Fsp3) is 0.647. The third-order valence-electron chi connectivity index (χ3n) is 3.58. The van der Waals surface area contributed by atoms with Crippen molar-refractivity contribution in [3.8, 4) is 0 Å². The van der Waals surface area contributed by atoms with Gasteiger partial charge in [0.25, 0.3) is 0 Å². The van der Waals surface area contributed by atoms with Crippen molar-refractivity contribution in [2.75, 3.05) is 13.7 Å². The maximum atomic E-state index is 13.2. The molecule has 4 heteroatoms. The summed E-state index contributed by atoms with van der Waals surface area (Å²) in [5.74, 6) is -0.220. The molecule has 1 aromatic carbocycles. The minimum atomic E-state index is -0.220. The molecule has 0 saturated heterocycles. The second-order valence-electron chi connectivity index (χ2n) is 6.52. The number of hydrogen-bond donors (Lipinski definition) is 1. The summed E-state index contributed by atoms with van der Waals surface area (Å²) in [5, 5.41) is 3.58. The summed E-state index contributed by atoms with van der Waals surface area (Å²) in [6, 6.07) is 5.06. The monoisotopic (exact) mass is 359 g/mol. The molecule has 0 heterocycles. The van der Waals surface area contributed by atoms with E-state index in [2.05, 4.69) is 48.9 Å². The van der Waals surface area contributed by atoms with Crippen molar-refractivity contribution in [1.82, 2.24) is 5.32 Å². The highest BCUT2D eigenvalue weighted by Gasteiger charge is 2.32. The normalized spacial score (nSPS) is 15.0. The van der Waals surface area contributed by atoms with E-state index in [4.69, 9.17) is 4.74 Å². The number of hydrogen-bond acceptors (Lipinski definition) is 2. The molecule has 0 amide bonds. The highest BCUT2D eigenvalue weighted by molar-refractivity contribution is 9.10. The standard InChI is InChI=1S/C17H27BrFNO/c1-6-9-20-15(16(21-5)17(2,3)4)10-12-7-8-13(19)11-14(12)18/h7-8,11,15-16,20H,6,9-10H2,1-5H3. The van der Waals surface area contributed by atoms with Gasteiger partial charge in [0.05, 0.1) is 6.10 Å². The Bertz CT molecular complexity index is 445. The molecule has 21 heavy (non-hydrogen) atoms. The number of benzene rings is 1. The molecule has 120 valence electrons. The van der Waals surface area contributed by atoms with E-state index in [1.165, 1.54) is 12.1 Å². The summed E-state index contributed by atoms with van der Waals surface area (Å²) in [7, 11) is 1.76. The topological polar surface area (TPSA) is 21.3 Å². The fourth-order valence-corrected chi connectivity index (χ4v) is 3.17. The second kappa shape index (κ2) is 8.25. The van der Waals surface area contributed by atoms with Crippen LogP contribution < -0.4 is 5.32 Å². The first-order valence-electron chi connectivity index (χ1n) is 7.49. The molecule has 0 radical (unpaired) electrons. The molecular formula is C17H27BrFNO. The quantitative estimate of drug-likeness (QED) is 0.770. The molecule has 2 unspecified atom stereocenters. The van der Waals surface area contributed by atoms with Crippen LogP contribution in [0.4, 0.5) is 4.39 Å². The SMILES string of the molecule is CCCNC(Cc1ccc(F)cc1Br)C(OC)C(C)(C)C. The zero-order valence-electron chi connectivity index (χ0n) is 13.7. The van der Waals surface area contributed by atoms with E-state index >= 15 is 0 Å². The van der Waals surface area contributed by atoms with Crippen molar-refractivity contribution in [2.24, 2.45) is 5.41 Å². The van der Waals surface area contributed by atoms with Gasteiger partial charge in [-0.1, -0.05) is 49.7 Å². The molecule has 0 bridgehead atoms. The molecule has 0 aliphatic heterocycles. The van der Waals surface area contributed by atoms with Crippen LogP contribution in [0.1, 0.15) is 39.7 Å². The lowest BCUT2D eigenvalue weighted by atomic mass is 9.82. The second-order valence-corrected chi connectivity index (χ2v) is 7.38. The third-order valence-corrected chi connectivity index (χ3v) is 4.32. The van der Waals surface area contributed by atoms with Crippen molar-refractivity contribution >= 4 is 15.9 Å². The van der Waals surface area contributed by atoms with Gasteiger partial charge in [-0.05, 0) is 42.5 Å². The first kappa shape index (κ1) is 18.6. The zero-order chi connectivity index (χ0) is 16.0. The molecule has 0 saturated carbocycles.